The maximum absolute atomic E-state index is 13.0. The Labute approximate surface area is 159 Å². The molecule has 140 valence electrons. The maximum Gasteiger partial charge on any atom is 0.335 e. The van der Waals surface area contributed by atoms with Gasteiger partial charge in [0.05, 0.1) is 5.56 Å². The highest BCUT2D eigenvalue weighted by Gasteiger charge is 2.46. The van der Waals surface area contributed by atoms with E-state index in [9.17, 15) is 14.7 Å². The highest BCUT2D eigenvalue weighted by atomic mass is 16.4. The third-order valence-corrected chi connectivity index (χ3v) is 6.25. The van der Waals surface area contributed by atoms with Crippen molar-refractivity contribution in [3.8, 4) is 0 Å². The number of benzene rings is 2. The fourth-order valence-electron chi connectivity index (χ4n) is 4.98. The van der Waals surface area contributed by atoms with Crippen molar-refractivity contribution < 1.29 is 14.7 Å². The molecule has 2 aromatic carbocycles. The lowest BCUT2D eigenvalue weighted by molar-refractivity contribution is -0.132. The monoisotopic (exact) mass is 363 g/mol. The molecule has 1 saturated carbocycles. The average molecular weight is 363 g/mol. The van der Waals surface area contributed by atoms with Crippen LogP contribution in [0, 0.1) is 5.92 Å². The molecule has 0 spiro atoms. The van der Waals surface area contributed by atoms with Crippen LogP contribution in [-0.4, -0.2) is 34.5 Å². The number of aromatic carboxylic acids is 1. The average Bonchev–Trinajstić information content (AvgIpc) is 3.29. The van der Waals surface area contributed by atoms with E-state index in [4.69, 9.17) is 0 Å². The molecule has 2 aliphatic rings. The van der Waals surface area contributed by atoms with Gasteiger partial charge in [-0.1, -0.05) is 55.0 Å². The predicted octanol–water partition coefficient (Wildman–Crippen LogP) is 4.11. The molecule has 2 aromatic rings. The number of carbonyl (C=O) groups is 2. The van der Waals surface area contributed by atoms with Crippen molar-refractivity contribution in [2.45, 2.75) is 44.1 Å². The maximum atomic E-state index is 13.0. The first-order valence-electron chi connectivity index (χ1n) is 9.81. The summed E-state index contributed by atoms with van der Waals surface area (Å²) in [6.45, 7) is 0.790. The number of likely N-dealkylation sites (tertiary alicyclic amines) is 1. The number of aryl methyl sites for hydroxylation is 1. The molecule has 2 fully saturated rings. The molecular weight excluding hydrogens is 338 g/mol. The van der Waals surface area contributed by atoms with Gasteiger partial charge in [-0.3, -0.25) is 4.79 Å². The molecule has 0 radical (unpaired) electrons. The van der Waals surface area contributed by atoms with E-state index in [1.54, 1.807) is 12.1 Å². The lowest BCUT2D eigenvalue weighted by Gasteiger charge is -2.24. The van der Waals surface area contributed by atoms with Gasteiger partial charge in [0.2, 0.25) is 5.91 Å². The minimum absolute atomic E-state index is 0.158. The van der Waals surface area contributed by atoms with E-state index in [1.165, 1.54) is 18.4 Å². The van der Waals surface area contributed by atoms with Crippen molar-refractivity contribution in [3.63, 3.8) is 0 Å². The lowest BCUT2D eigenvalue weighted by Crippen LogP contribution is -2.36. The molecular formula is C23H25NO3. The van der Waals surface area contributed by atoms with Crippen molar-refractivity contribution in [1.29, 1.82) is 0 Å². The standard InChI is InChI=1S/C23H25NO3/c25-22(14-13-17-9-4-5-10-18(17)23(26)27)24-15-20(16-7-2-1-3-8-16)19-11-6-12-21(19)24/h1-5,7-10,19-21H,6,11-15H2,(H,26,27). The number of hydrogen-bond donors (Lipinski definition) is 1. The van der Waals surface area contributed by atoms with Crippen LogP contribution in [-0.2, 0) is 11.2 Å². The van der Waals surface area contributed by atoms with Crippen molar-refractivity contribution in [2.75, 3.05) is 6.54 Å². The molecule has 1 aliphatic heterocycles. The first kappa shape index (κ1) is 17.8. The highest BCUT2D eigenvalue weighted by Crippen LogP contribution is 2.46. The van der Waals surface area contributed by atoms with Crippen molar-refractivity contribution in [1.82, 2.24) is 4.90 Å². The summed E-state index contributed by atoms with van der Waals surface area (Å²) >= 11 is 0. The van der Waals surface area contributed by atoms with Gasteiger partial charge >= 0.3 is 5.97 Å². The van der Waals surface area contributed by atoms with Crippen molar-refractivity contribution in [3.05, 3.63) is 71.3 Å². The Morgan fingerprint density at radius 2 is 1.74 bits per heavy atom. The van der Waals surface area contributed by atoms with Crippen LogP contribution in [0.5, 0.6) is 0 Å². The number of carbonyl (C=O) groups excluding carboxylic acids is 1. The van der Waals surface area contributed by atoms with Gasteiger partial charge in [0.1, 0.15) is 0 Å². The van der Waals surface area contributed by atoms with E-state index in [0.29, 0.717) is 36.3 Å². The number of carboxylic acids is 1. The normalized spacial score (nSPS) is 24.0. The Morgan fingerprint density at radius 3 is 2.52 bits per heavy atom. The Bertz CT molecular complexity index is 833. The SMILES string of the molecule is O=C(O)c1ccccc1CCC(=O)N1CC(c2ccccc2)C2CCCC21. The quantitative estimate of drug-likeness (QED) is 0.870. The fraction of sp³-hybridized carbons (Fsp3) is 0.391. The zero-order chi connectivity index (χ0) is 18.8. The summed E-state index contributed by atoms with van der Waals surface area (Å²) in [5.41, 5.74) is 2.37. The summed E-state index contributed by atoms with van der Waals surface area (Å²) in [5, 5.41) is 9.33. The highest BCUT2D eigenvalue weighted by molar-refractivity contribution is 5.89. The topological polar surface area (TPSA) is 57.6 Å². The largest absolute Gasteiger partial charge is 0.478 e. The molecule has 0 aromatic heterocycles. The first-order valence-corrected chi connectivity index (χ1v) is 9.81. The van der Waals surface area contributed by atoms with Gasteiger partial charge in [0.15, 0.2) is 0 Å². The molecule has 27 heavy (non-hydrogen) atoms. The smallest absolute Gasteiger partial charge is 0.335 e. The van der Waals surface area contributed by atoms with Gasteiger partial charge < -0.3 is 10.0 Å². The second kappa shape index (κ2) is 7.55. The molecule has 1 N–H and O–H groups in total. The third-order valence-electron chi connectivity index (χ3n) is 6.25. The van der Waals surface area contributed by atoms with Gasteiger partial charge in [0, 0.05) is 24.9 Å². The van der Waals surface area contributed by atoms with Crippen LogP contribution in [0.25, 0.3) is 0 Å². The van der Waals surface area contributed by atoms with E-state index < -0.39 is 5.97 Å². The van der Waals surface area contributed by atoms with E-state index in [-0.39, 0.29) is 5.91 Å². The minimum Gasteiger partial charge on any atom is -0.478 e. The Hall–Kier alpha value is -2.62. The molecule has 3 unspecified atom stereocenters. The number of nitrogens with zero attached hydrogens (tertiary/aromatic N) is 1. The summed E-state index contributed by atoms with van der Waals surface area (Å²) < 4.78 is 0. The molecule has 4 nitrogen and oxygen atoms in total. The van der Waals surface area contributed by atoms with E-state index in [0.717, 1.165) is 18.5 Å². The van der Waals surface area contributed by atoms with Gasteiger partial charge in [0.25, 0.3) is 0 Å². The van der Waals surface area contributed by atoms with Gasteiger partial charge in [-0.2, -0.15) is 0 Å². The Morgan fingerprint density at radius 1 is 1.00 bits per heavy atom. The third kappa shape index (κ3) is 3.48. The van der Waals surface area contributed by atoms with Crippen LogP contribution in [0.1, 0.15) is 53.1 Å². The van der Waals surface area contributed by atoms with Crippen LogP contribution in [0.3, 0.4) is 0 Å². The predicted molar refractivity (Wildman–Crippen MR) is 104 cm³/mol. The molecule has 4 heteroatoms. The lowest BCUT2D eigenvalue weighted by atomic mass is 9.87. The van der Waals surface area contributed by atoms with Gasteiger partial charge in [-0.15, -0.1) is 0 Å². The molecule has 0 bridgehead atoms. The molecule has 1 heterocycles. The Kier molecular flexibility index (Phi) is 4.97. The van der Waals surface area contributed by atoms with Crippen molar-refractivity contribution in [2.24, 2.45) is 5.92 Å². The summed E-state index contributed by atoms with van der Waals surface area (Å²) in [5.74, 6) is 0.210. The van der Waals surface area contributed by atoms with Crippen molar-refractivity contribution >= 4 is 11.9 Å². The second-order valence-electron chi connectivity index (χ2n) is 7.69. The molecule has 1 amide bonds. The van der Waals surface area contributed by atoms with Gasteiger partial charge in [-0.25, -0.2) is 4.79 Å². The summed E-state index contributed by atoms with van der Waals surface area (Å²) in [6, 6.07) is 17.9. The second-order valence-corrected chi connectivity index (χ2v) is 7.69. The van der Waals surface area contributed by atoms with E-state index >= 15 is 0 Å². The van der Waals surface area contributed by atoms with Gasteiger partial charge in [-0.05, 0) is 42.4 Å². The van der Waals surface area contributed by atoms with Crippen LogP contribution in [0.2, 0.25) is 0 Å². The van der Waals surface area contributed by atoms with E-state index in [1.807, 2.05) is 18.2 Å². The van der Waals surface area contributed by atoms with E-state index in [2.05, 4.69) is 29.2 Å². The summed E-state index contributed by atoms with van der Waals surface area (Å²) in [4.78, 5) is 26.5. The number of carboxylic acid groups (broad SMARTS) is 1. The van der Waals surface area contributed by atoms with Crippen LogP contribution < -0.4 is 0 Å². The van der Waals surface area contributed by atoms with Crippen LogP contribution in [0.15, 0.2) is 54.6 Å². The Balaban J connectivity index is 1.47. The zero-order valence-electron chi connectivity index (χ0n) is 15.4. The summed E-state index contributed by atoms with van der Waals surface area (Å²) in [6.07, 6.45) is 4.31. The molecule has 3 atom stereocenters. The fourth-order valence-corrected chi connectivity index (χ4v) is 4.98. The summed E-state index contributed by atoms with van der Waals surface area (Å²) in [7, 11) is 0. The van der Waals surface area contributed by atoms with Crippen LogP contribution in [0.4, 0.5) is 0 Å². The zero-order valence-corrected chi connectivity index (χ0v) is 15.4. The minimum atomic E-state index is -0.931. The first-order chi connectivity index (χ1) is 13.1. The molecule has 1 aliphatic carbocycles. The molecule has 1 saturated heterocycles. The number of amides is 1. The number of fused-ring (bicyclic) bond motifs is 1. The number of hydrogen-bond acceptors (Lipinski definition) is 2. The molecule has 4 rings (SSSR count). The number of rotatable bonds is 5. The van der Waals surface area contributed by atoms with Crippen LogP contribution >= 0.6 is 0 Å².